The molecule has 2 aliphatic rings. The first-order chi connectivity index (χ1) is 9.79. The quantitative estimate of drug-likeness (QED) is 0.810. The summed E-state index contributed by atoms with van der Waals surface area (Å²) < 4.78 is 0. The second-order valence-corrected chi connectivity index (χ2v) is 7.32. The minimum Gasteiger partial charge on any atom is -0.294 e. The van der Waals surface area contributed by atoms with Crippen molar-refractivity contribution in [2.75, 3.05) is 5.75 Å². The zero-order chi connectivity index (χ0) is 13.9. The molecule has 1 aromatic rings. The van der Waals surface area contributed by atoms with E-state index in [1.807, 2.05) is 0 Å². The van der Waals surface area contributed by atoms with Crippen LogP contribution in [0.4, 0.5) is 0 Å². The first-order valence-corrected chi connectivity index (χ1v) is 8.93. The van der Waals surface area contributed by atoms with Gasteiger partial charge in [0.1, 0.15) is 0 Å². The normalized spacial score (nSPS) is 33.5. The first kappa shape index (κ1) is 14.4. The molecule has 1 aromatic carbocycles. The van der Waals surface area contributed by atoms with Crippen molar-refractivity contribution < 1.29 is 4.84 Å². The molecule has 0 amide bonds. The van der Waals surface area contributed by atoms with Crippen molar-refractivity contribution in [3.63, 3.8) is 0 Å². The lowest BCUT2D eigenvalue weighted by Crippen LogP contribution is -2.35. The van der Waals surface area contributed by atoms with E-state index in [1.165, 1.54) is 30.6 Å². The van der Waals surface area contributed by atoms with E-state index >= 15 is 0 Å². The van der Waals surface area contributed by atoms with Crippen LogP contribution in [-0.4, -0.2) is 28.2 Å². The molecule has 0 aromatic heterocycles. The van der Waals surface area contributed by atoms with Crippen molar-refractivity contribution in [3.05, 3.63) is 35.9 Å². The zero-order valence-electron chi connectivity index (χ0n) is 12.5. The lowest BCUT2D eigenvalue weighted by atomic mass is 9.96. The third kappa shape index (κ3) is 2.90. The van der Waals surface area contributed by atoms with Gasteiger partial charge in [-0.05, 0) is 23.7 Å². The average Bonchev–Trinajstić information content (AvgIpc) is 3.00. The summed E-state index contributed by atoms with van der Waals surface area (Å²) in [4.78, 5) is 6.32. The van der Waals surface area contributed by atoms with Gasteiger partial charge < -0.3 is 0 Å². The second-order valence-electron chi connectivity index (χ2n) is 6.11. The SMILES string of the molecule is CCCC[C@H]1ON(Cc2ccccc2)[C@@H]2[C@H]1SC[C@H]2C. The summed E-state index contributed by atoms with van der Waals surface area (Å²) in [5.41, 5.74) is 1.35. The van der Waals surface area contributed by atoms with Gasteiger partial charge >= 0.3 is 0 Å². The lowest BCUT2D eigenvalue weighted by molar-refractivity contribution is -0.176. The van der Waals surface area contributed by atoms with Crippen LogP contribution in [0, 0.1) is 5.92 Å². The number of hydroxylamine groups is 2. The van der Waals surface area contributed by atoms with Crippen molar-refractivity contribution in [1.29, 1.82) is 0 Å². The van der Waals surface area contributed by atoms with Crippen molar-refractivity contribution in [3.8, 4) is 0 Å². The largest absolute Gasteiger partial charge is 0.294 e. The molecule has 0 radical (unpaired) electrons. The Morgan fingerprint density at radius 1 is 1.30 bits per heavy atom. The molecule has 3 heteroatoms. The summed E-state index contributed by atoms with van der Waals surface area (Å²) in [7, 11) is 0. The van der Waals surface area contributed by atoms with Gasteiger partial charge in [0.05, 0.1) is 17.4 Å². The van der Waals surface area contributed by atoms with Gasteiger partial charge in [0.2, 0.25) is 0 Å². The Hall–Kier alpha value is -0.510. The van der Waals surface area contributed by atoms with Crippen LogP contribution in [0.15, 0.2) is 30.3 Å². The molecule has 2 nitrogen and oxygen atoms in total. The van der Waals surface area contributed by atoms with Gasteiger partial charge in [-0.15, -0.1) is 0 Å². The van der Waals surface area contributed by atoms with Gasteiger partial charge in [0.25, 0.3) is 0 Å². The Bertz CT molecular complexity index is 424. The summed E-state index contributed by atoms with van der Waals surface area (Å²) in [6, 6.07) is 11.3. The molecule has 0 spiro atoms. The maximum atomic E-state index is 6.32. The Balaban J connectivity index is 1.70. The highest BCUT2D eigenvalue weighted by Crippen LogP contribution is 2.44. The minimum atomic E-state index is 0.429. The molecule has 2 aliphatic heterocycles. The fraction of sp³-hybridized carbons (Fsp3) is 0.647. The van der Waals surface area contributed by atoms with Gasteiger partial charge in [-0.25, -0.2) is 0 Å². The number of nitrogens with zero attached hydrogens (tertiary/aromatic N) is 1. The van der Waals surface area contributed by atoms with E-state index in [1.54, 1.807) is 0 Å². The predicted molar refractivity (Wildman–Crippen MR) is 85.6 cm³/mol. The molecular weight excluding hydrogens is 266 g/mol. The second kappa shape index (κ2) is 6.50. The number of hydrogen-bond donors (Lipinski definition) is 0. The fourth-order valence-electron chi connectivity index (χ4n) is 3.39. The molecule has 0 saturated carbocycles. The summed E-state index contributed by atoms with van der Waals surface area (Å²) in [6.07, 6.45) is 4.18. The molecule has 3 rings (SSSR count). The summed E-state index contributed by atoms with van der Waals surface area (Å²) in [5.74, 6) is 2.02. The van der Waals surface area contributed by atoms with Crippen LogP contribution in [0.25, 0.3) is 0 Å². The molecule has 4 atom stereocenters. The van der Waals surface area contributed by atoms with Crippen LogP contribution in [0.3, 0.4) is 0 Å². The third-order valence-corrected chi connectivity index (χ3v) is 6.15. The number of benzene rings is 1. The average molecular weight is 291 g/mol. The van der Waals surface area contributed by atoms with Crippen LogP contribution in [0.5, 0.6) is 0 Å². The Morgan fingerprint density at radius 3 is 2.85 bits per heavy atom. The smallest absolute Gasteiger partial charge is 0.0927 e. The zero-order valence-corrected chi connectivity index (χ0v) is 13.3. The number of fused-ring (bicyclic) bond motifs is 1. The van der Waals surface area contributed by atoms with Gasteiger partial charge in [-0.3, -0.25) is 4.84 Å². The topological polar surface area (TPSA) is 12.5 Å². The van der Waals surface area contributed by atoms with Gasteiger partial charge in [0, 0.05) is 6.54 Å². The van der Waals surface area contributed by atoms with E-state index in [2.05, 4.69) is 61.0 Å². The van der Waals surface area contributed by atoms with E-state index in [9.17, 15) is 0 Å². The van der Waals surface area contributed by atoms with E-state index < -0.39 is 0 Å². The third-order valence-electron chi connectivity index (χ3n) is 4.46. The highest BCUT2D eigenvalue weighted by atomic mass is 32.2. The molecule has 0 bridgehead atoms. The molecule has 0 unspecified atom stereocenters. The Labute approximate surface area is 126 Å². The van der Waals surface area contributed by atoms with E-state index in [4.69, 9.17) is 4.84 Å². The summed E-state index contributed by atoms with van der Waals surface area (Å²) >= 11 is 2.13. The summed E-state index contributed by atoms with van der Waals surface area (Å²) in [6.45, 7) is 5.56. The van der Waals surface area contributed by atoms with Crippen LogP contribution in [0.1, 0.15) is 38.7 Å². The maximum absolute atomic E-state index is 6.32. The molecule has 20 heavy (non-hydrogen) atoms. The Kier molecular flexibility index (Phi) is 4.69. The van der Waals surface area contributed by atoms with E-state index in [0.29, 0.717) is 17.4 Å². The standard InChI is InChI=1S/C17H25NOS/c1-3-4-10-15-17-16(13(2)12-20-17)18(19-15)11-14-8-6-5-7-9-14/h5-9,13,15-17H,3-4,10-12H2,1-2H3/t13-,15-,16+,17+/m1/s1. The molecule has 0 aliphatic carbocycles. The van der Waals surface area contributed by atoms with Gasteiger partial charge in [-0.2, -0.15) is 16.8 Å². The first-order valence-electron chi connectivity index (χ1n) is 7.88. The molecule has 2 heterocycles. The Morgan fingerprint density at radius 2 is 2.10 bits per heavy atom. The molecule has 2 saturated heterocycles. The lowest BCUT2D eigenvalue weighted by Gasteiger charge is -2.24. The molecule has 110 valence electrons. The monoisotopic (exact) mass is 291 g/mol. The molecule has 2 fully saturated rings. The molecular formula is C17H25NOS. The van der Waals surface area contributed by atoms with Crippen LogP contribution in [0.2, 0.25) is 0 Å². The van der Waals surface area contributed by atoms with E-state index in [-0.39, 0.29) is 0 Å². The van der Waals surface area contributed by atoms with Gasteiger partial charge in [0.15, 0.2) is 0 Å². The maximum Gasteiger partial charge on any atom is 0.0927 e. The highest BCUT2D eigenvalue weighted by molar-refractivity contribution is 8.00. The minimum absolute atomic E-state index is 0.429. The van der Waals surface area contributed by atoms with Gasteiger partial charge in [-0.1, -0.05) is 57.0 Å². The van der Waals surface area contributed by atoms with Crippen molar-refractivity contribution in [2.24, 2.45) is 5.92 Å². The van der Waals surface area contributed by atoms with Crippen LogP contribution >= 0.6 is 11.8 Å². The predicted octanol–water partition coefficient (Wildman–Crippen LogP) is 4.11. The van der Waals surface area contributed by atoms with Crippen LogP contribution < -0.4 is 0 Å². The van der Waals surface area contributed by atoms with Crippen molar-refractivity contribution >= 4 is 11.8 Å². The highest BCUT2D eigenvalue weighted by Gasteiger charge is 2.49. The fourth-order valence-corrected chi connectivity index (χ4v) is 5.12. The van der Waals surface area contributed by atoms with Crippen molar-refractivity contribution in [2.45, 2.75) is 57.1 Å². The number of thioether (sulfide) groups is 1. The molecule has 0 N–H and O–H groups in total. The summed E-state index contributed by atoms with van der Waals surface area (Å²) in [5, 5.41) is 2.96. The number of unbranched alkanes of at least 4 members (excludes halogenated alkanes) is 1. The van der Waals surface area contributed by atoms with Crippen molar-refractivity contribution in [1.82, 2.24) is 5.06 Å². The van der Waals surface area contributed by atoms with E-state index in [0.717, 1.165) is 12.5 Å². The number of hydrogen-bond acceptors (Lipinski definition) is 3. The van der Waals surface area contributed by atoms with Crippen LogP contribution in [-0.2, 0) is 11.4 Å². The number of rotatable bonds is 5.